The van der Waals surface area contributed by atoms with E-state index in [1.807, 2.05) is 6.92 Å². The molecule has 0 saturated heterocycles. The molecule has 0 N–H and O–H groups in total. The molecule has 3 atom stereocenters. The van der Waals surface area contributed by atoms with Gasteiger partial charge in [-0.15, -0.1) is 0 Å². The minimum absolute atomic E-state index is 0.0637. The van der Waals surface area contributed by atoms with Crippen molar-refractivity contribution in [3.8, 4) is 0 Å². The van der Waals surface area contributed by atoms with Gasteiger partial charge in [0.25, 0.3) is 0 Å². The molecule has 112 valence electrons. The largest absolute Gasteiger partial charge is 0.468 e. The standard InChI is InChI=1S/C15H22O5/c1-9(2)20-13(18)15(12(17)19-4)6-10-5-11(16)7-14(10,3)8-15/h9-10H,5-8H2,1-4H3. The zero-order valence-electron chi connectivity index (χ0n) is 12.5. The van der Waals surface area contributed by atoms with Crippen LogP contribution in [0.25, 0.3) is 0 Å². The highest BCUT2D eigenvalue weighted by atomic mass is 16.6. The molecular weight excluding hydrogens is 260 g/mol. The number of ether oxygens (including phenoxy) is 2. The second-order valence-corrected chi connectivity index (χ2v) is 6.68. The van der Waals surface area contributed by atoms with Crippen molar-refractivity contribution in [3.63, 3.8) is 0 Å². The van der Waals surface area contributed by atoms with E-state index in [9.17, 15) is 14.4 Å². The number of fused-ring (bicyclic) bond motifs is 1. The summed E-state index contributed by atoms with van der Waals surface area (Å²) in [6.07, 6.45) is 1.30. The van der Waals surface area contributed by atoms with E-state index >= 15 is 0 Å². The van der Waals surface area contributed by atoms with Crippen molar-refractivity contribution in [2.75, 3.05) is 7.11 Å². The van der Waals surface area contributed by atoms with Gasteiger partial charge in [0.05, 0.1) is 13.2 Å². The molecule has 0 radical (unpaired) electrons. The van der Waals surface area contributed by atoms with Crippen molar-refractivity contribution in [1.82, 2.24) is 0 Å². The van der Waals surface area contributed by atoms with Crippen molar-refractivity contribution in [2.24, 2.45) is 16.7 Å². The highest BCUT2D eigenvalue weighted by molar-refractivity contribution is 6.01. The van der Waals surface area contributed by atoms with E-state index in [0.717, 1.165) is 0 Å². The van der Waals surface area contributed by atoms with Gasteiger partial charge in [-0.25, -0.2) is 0 Å². The number of hydrogen-bond acceptors (Lipinski definition) is 5. The maximum Gasteiger partial charge on any atom is 0.323 e. The van der Waals surface area contributed by atoms with Crippen LogP contribution in [0.15, 0.2) is 0 Å². The van der Waals surface area contributed by atoms with Crippen LogP contribution in [0.1, 0.15) is 46.5 Å². The van der Waals surface area contributed by atoms with Crippen molar-refractivity contribution in [2.45, 2.75) is 52.6 Å². The average Bonchev–Trinajstić information content (AvgIpc) is 2.75. The van der Waals surface area contributed by atoms with Crippen LogP contribution in [-0.2, 0) is 23.9 Å². The molecule has 2 aliphatic carbocycles. The molecule has 2 aliphatic rings. The van der Waals surface area contributed by atoms with Crippen LogP contribution < -0.4 is 0 Å². The summed E-state index contributed by atoms with van der Waals surface area (Å²) in [5.41, 5.74) is -1.53. The molecular formula is C15H22O5. The summed E-state index contributed by atoms with van der Waals surface area (Å²) in [6.45, 7) is 5.49. The molecule has 2 saturated carbocycles. The van der Waals surface area contributed by atoms with E-state index in [-0.39, 0.29) is 23.2 Å². The summed E-state index contributed by atoms with van der Waals surface area (Å²) in [4.78, 5) is 36.3. The maximum atomic E-state index is 12.4. The van der Waals surface area contributed by atoms with E-state index < -0.39 is 17.4 Å². The van der Waals surface area contributed by atoms with Gasteiger partial charge in [0.1, 0.15) is 5.78 Å². The van der Waals surface area contributed by atoms with E-state index in [0.29, 0.717) is 25.7 Å². The molecule has 2 fully saturated rings. The SMILES string of the molecule is COC(=O)C1(C(=O)OC(C)C)CC2CC(=O)CC2(C)C1. The molecule has 20 heavy (non-hydrogen) atoms. The Balaban J connectivity index is 2.31. The third-order valence-electron chi connectivity index (χ3n) is 4.67. The third kappa shape index (κ3) is 2.23. The molecule has 0 amide bonds. The molecule has 0 aromatic rings. The number of hydrogen-bond donors (Lipinski definition) is 0. The predicted molar refractivity (Wildman–Crippen MR) is 70.7 cm³/mol. The third-order valence-corrected chi connectivity index (χ3v) is 4.67. The van der Waals surface area contributed by atoms with Gasteiger partial charge in [-0.3, -0.25) is 14.4 Å². The molecule has 0 aromatic carbocycles. The fraction of sp³-hybridized carbons (Fsp3) is 0.800. The normalized spacial score (nSPS) is 36.0. The van der Waals surface area contributed by atoms with Crippen LogP contribution >= 0.6 is 0 Å². The molecule has 2 rings (SSSR count). The van der Waals surface area contributed by atoms with Crippen LogP contribution in [0.3, 0.4) is 0 Å². The Morgan fingerprint density at radius 2 is 1.95 bits per heavy atom. The van der Waals surface area contributed by atoms with Gasteiger partial charge in [0.2, 0.25) is 0 Å². The molecule has 0 heterocycles. The number of esters is 2. The van der Waals surface area contributed by atoms with Crippen molar-refractivity contribution in [1.29, 1.82) is 0 Å². The second-order valence-electron chi connectivity index (χ2n) is 6.68. The van der Waals surface area contributed by atoms with E-state index in [4.69, 9.17) is 9.47 Å². The smallest absolute Gasteiger partial charge is 0.323 e. The monoisotopic (exact) mass is 282 g/mol. The Morgan fingerprint density at radius 3 is 2.45 bits per heavy atom. The van der Waals surface area contributed by atoms with Crippen molar-refractivity contribution >= 4 is 17.7 Å². The molecule has 0 aromatic heterocycles. The highest BCUT2D eigenvalue weighted by Crippen LogP contribution is 2.60. The molecule has 5 nitrogen and oxygen atoms in total. The van der Waals surface area contributed by atoms with Gasteiger partial charge in [0.15, 0.2) is 5.41 Å². The first kappa shape index (κ1) is 15.0. The van der Waals surface area contributed by atoms with E-state index in [1.165, 1.54) is 7.11 Å². The van der Waals surface area contributed by atoms with Crippen molar-refractivity contribution < 1.29 is 23.9 Å². The quantitative estimate of drug-likeness (QED) is 0.584. The summed E-state index contributed by atoms with van der Waals surface area (Å²) in [6, 6.07) is 0. The van der Waals surface area contributed by atoms with Crippen LogP contribution in [0.5, 0.6) is 0 Å². The zero-order valence-corrected chi connectivity index (χ0v) is 12.5. The van der Waals surface area contributed by atoms with E-state index in [2.05, 4.69) is 0 Å². The Labute approximate surface area is 119 Å². The lowest BCUT2D eigenvalue weighted by Gasteiger charge is -2.27. The van der Waals surface area contributed by atoms with Gasteiger partial charge in [-0.1, -0.05) is 6.92 Å². The van der Waals surface area contributed by atoms with Crippen LogP contribution in [0.4, 0.5) is 0 Å². The minimum Gasteiger partial charge on any atom is -0.468 e. The second kappa shape index (κ2) is 4.86. The van der Waals surface area contributed by atoms with Gasteiger partial charge < -0.3 is 9.47 Å². The lowest BCUT2D eigenvalue weighted by molar-refractivity contribution is -0.174. The first-order valence-corrected chi connectivity index (χ1v) is 7.05. The zero-order chi connectivity index (χ0) is 15.1. The predicted octanol–water partition coefficient (Wildman–Crippen LogP) is 1.88. The fourth-order valence-electron chi connectivity index (χ4n) is 3.81. The summed E-state index contributed by atoms with van der Waals surface area (Å²) in [5.74, 6) is -0.768. The molecule has 3 unspecified atom stereocenters. The average molecular weight is 282 g/mol. The lowest BCUT2D eigenvalue weighted by atomic mass is 9.79. The van der Waals surface area contributed by atoms with Crippen LogP contribution in [0, 0.1) is 16.7 Å². The first-order chi connectivity index (χ1) is 9.23. The molecule has 0 aliphatic heterocycles. The number of carbonyl (C=O) groups excluding carboxylic acids is 3. The summed E-state index contributed by atoms with van der Waals surface area (Å²) < 4.78 is 10.1. The topological polar surface area (TPSA) is 69.7 Å². The number of methoxy groups -OCH3 is 1. The summed E-state index contributed by atoms with van der Waals surface area (Å²) in [5, 5.41) is 0. The maximum absolute atomic E-state index is 12.4. The van der Waals surface area contributed by atoms with Gasteiger partial charge in [-0.05, 0) is 38.0 Å². The van der Waals surface area contributed by atoms with Gasteiger partial charge in [0, 0.05) is 12.8 Å². The first-order valence-electron chi connectivity index (χ1n) is 7.05. The molecule has 0 bridgehead atoms. The summed E-state index contributed by atoms with van der Waals surface area (Å²) in [7, 11) is 1.29. The Morgan fingerprint density at radius 1 is 1.30 bits per heavy atom. The Kier molecular flexibility index (Phi) is 3.65. The van der Waals surface area contributed by atoms with Crippen LogP contribution in [0.2, 0.25) is 0 Å². The number of Topliss-reactive ketones (excluding diaryl/α,β-unsaturated/α-hetero) is 1. The van der Waals surface area contributed by atoms with Crippen molar-refractivity contribution in [3.05, 3.63) is 0 Å². The number of ketones is 1. The Bertz CT molecular complexity index is 455. The van der Waals surface area contributed by atoms with Crippen LogP contribution in [-0.4, -0.2) is 30.9 Å². The molecule has 0 spiro atoms. The summed E-state index contributed by atoms with van der Waals surface area (Å²) >= 11 is 0. The molecule has 5 heteroatoms. The van der Waals surface area contributed by atoms with E-state index in [1.54, 1.807) is 13.8 Å². The number of rotatable bonds is 3. The lowest BCUT2D eigenvalue weighted by Crippen LogP contribution is -2.41. The number of carbonyl (C=O) groups is 3. The highest BCUT2D eigenvalue weighted by Gasteiger charge is 2.64. The Hall–Kier alpha value is -1.39. The fourth-order valence-corrected chi connectivity index (χ4v) is 3.81. The van der Waals surface area contributed by atoms with Gasteiger partial charge >= 0.3 is 11.9 Å². The minimum atomic E-state index is -1.24. The van der Waals surface area contributed by atoms with Gasteiger partial charge in [-0.2, -0.15) is 0 Å².